The van der Waals surface area contributed by atoms with Gasteiger partial charge >= 0.3 is 0 Å². The van der Waals surface area contributed by atoms with Crippen LogP contribution in [0.15, 0.2) is 74.9 Å². The van der Waals surface area contributed by atoms with Crippen molar-refractivity contribution in [3.63, 3.8) is 0 Å². The van der Waals surface area contributed by atoms with Crippen molar-refractivity contribution >= 4 is 39.6 Å². The molecule has 0 saturated heterocycles. The highest BCUT2D eigenvalue weighted by atomic mass is 79.9. The fraction of sp³-hybridized carbons (Fsp3) is 0.125. The molecule has 0 amide bonds. The zero-order chi connectivity index (χ0) is 21.1. The minimum Gasteiger partial charge on any atom is -0.490 e. The highest BCUT2D eigenvalue weighted by molar-refractivity contribution is 9.10. The fourth-order valence-corrected chi connectivity index (χ4v) is 4.75. The molecule has 0 aliphatic carbocycles. The Labute approximate surface area is 187 Å². The number of carbonyl (C=O) groups is 1. The van der Waals surface area contributed by atoms with Gasteiger partial charge in [-0.1, -0.05) is 42.1 Å². The summed E-state index contributed by atoms with van der Waals surface area (Å²) in [6, 6.07) is 17.8. The van der Waals surface area contributed by atoms with E-state index in [-0.39, 0.29) is 18.2 Å². The summed E-state index contributed by atoms with van der Waals surface area (Å²) >= 11 is 4.99. The molecule has 0 aromatic heterocycles. The molecule has 0 bridgehead atoms. The van der Waals surface area contributed by atoms with E-state index in [2.05, 4.69) is 15.9 Å². The summed E-state index contributed by atoms with van der Waals surface area (Å²) in [5.41, 5.74) is 2.00. The van der Waals surface area contributed by atoms with Crippen molar-refractivity contribution in [2.75, 3.05) is 6.61 Å². The van der Waals surface area contributed by atoms with Gasteiger partial charge in [0, 0.05) is 16.0 Å². The standard InChI is InChI=1S/C24H18BrFO3S/c1-2-28-20-12-15(13-22-23(27)17-8-4-6-10-21(17)30-22)11-18(25)24(20)29-14-16-7-3-5-9-19(16)26/h3-13H,2,14H2,1H3/b22-13+. The second-order valence-corrected chi connectivity index (χ2v) is 8.52. The van der Waals surface area contributed by atoms with Crippen LogP contribution in [0.1, 0.15) is 28.4 Å². The third-order valence-electron chi connectivity index (χ3n) is 4.53. The Morgan fingerprint density at radius 1 is 1.07 bits per heavy atom. The van der Waals surface area contributed by atoms with Crippen LogP contribution >= 0.6 is 27.7 Å². The Bertz CT molecular complexity index is 1140. The summed E-state index contributed by atoms with van der Waals surface area (Å²) in [6.07, 6.45) is 1.85. The van der Waals surface area contributed by atoms with Crippen molar-refractivity contribution in [3.8, 4) is 11.5 Å². The number of carbonyl (C=O) groups excluding carboxylic acids is 1. The van der Waals surface area contributed by atoms with Crippen molar-refractivity contribution < 1.29 is 18.7 Å². The number of rotatable bonds is 6. The van der Waals surface area contributed by atoms with Crippen LogP contribution in [-0.4, -0.2) is 12.4 Å². The van der Waals surface area contributed by atoms with Crippen molar-refractivity contribution in [1.29, 1.82) is 0 Å². The van der Waals surface area contributed by atoms with Gasteiger partial charge in [-0.2, -0.15) is 0 Å². The third kappa shape index (κ3) is 4.30. The van der Waals surface area contributed by atoms with Crippen LogP contribution in [0, 0.1) is 5.82 Å². The molecule has 3 aromatic carbocycles. The highest BCUT2D eigenvalue weighted by Gasteiger charge is 2.25. The number of benzene rings is 3. The molecule has 0 fully saturated rings. The van der Waals surface area contributed by atoms with E-state index in [1.807, 2.05) is 49.4 Å². The first-order valence-corrected chi connectivity index (χ1v) is 11.0. The highest BCUT2D eigenvalue weighted by Crippen LogP contribution is 2.42. The molecule has 3 aromatic rings. The van der Waals surface area contributed by atoms with E-state index < -0.39 is 0 Å². The fourth-order valence-electron chi connectivity index (χ4n) is 3.13. The van der Waals surface area contributed by atoms with Crippen LogP contribution in [0.4, 0.5) is 4.39 Å². The molecule has 3 nitrogen and oxygen atoms in total. The summed E-state index contributed by atoms with van der Waals surface area (Å²) < 4.78 is 26.2. The van der Waals surface area contributed by atoms with Gasteiger partial charge in [0.2, 0.25) is 5.78 Å². The summed E-state index contributed by atoms with van der Waals surface area (Å²) in [5.74, 6) is 0.729. The second-order valence-electron chi connectivity index (χ2n) is 6.58. The molecule has 1 heterocycles. The van der Waals surface area contributed by atoms with Crippen LogP contribution < -0.4 is 9.47 Å². The van der Waals surface area contributed by atoms with Gasteiger partial charge < -0.3 is 9.47 Å². The number of halogens is 2. The zero-order valence-corrected chi connectivity index (χ0v) is 18.6. The first-order chi connectivity index (χ1) is 14.6. The van der Waals surface area contributed by atoms with Gasteiger partial charge in [0.25, 0.3) is 0 Å². The van der Waals surface area contributed by atoms with Gasteiger partial charge in [0.1, 0.15) is 12.4 Å². The number of ether oxygens (including phenoxy) is 2. The van der Waals surface area contributed by atoms with Gasteiger partial charge in [0.05, 0.1) is 16.0 Å². The maximum Gasteiger partial charge on any atom is 0.200 e. The van der Waals surface area contributed by atoms with E-state index >= 15 is 0 Å². The van der Waals surface area contributed by atoms with Crippen LogP contribution in [0.2, 0.25) is 0 Å². The average Bonchev–Trinajstić information content (AvgIpc) is 3.04. The molecule has 0 N–H and O–H groups in total. The number of thioether (sulfide) groups is 1. The monoisotopic (exact) mass is 484 g/mol. The molecule has 0 radical (unpaired) electrons. The van der Waals surface area contributed by atoms with E-state index in [0.717, 1.165) is 16.0 Å². The number of Topliss-reactive ketones (excluding diaryl/α,β-unsaturated/α-hetero) is 1. The van der Waals surface area contributed by atoms with Crippen LogP contribution in [-0.2, 0) is 6.61 Å². The van der Waals surface area contributed by atoms with E-state index in [0.29, 0.717) is 33.0 Å². The predicted octanol–water partition coefficient (Wildman–Crippen LogP) is 6.90. The molecule has 0 saturated carbocycles. The summed E-state index contributed by atoms with van der Waals surface area (Å²) in [5, 5.41) is 0. The second kappa shape index (κ2) is 9.06. The van der Waals surface area contributed by atoms with Gasteiger partial charge in [0.15, 0.2) is 11.5 Å². The first-order valence-electron chi connectivity index (χ1n) is 9.42. The number of hydrogen-bond acceptors (Lipinski definition) is 4. The van der Waals surface area contributed by atoms with Crippen LogP contribution in [0.5, 0.6) is 11.5 Å². The van der Waals surface area contributed by atoms with Crippen molar-refractivity contribution in [3.05, 3.63) is 92.5 Å². The molecule has 0 spiro atoms. The predicted molar refractivity (Wildman–Crippen MR) is 121 cm³/mol. The van der Waals surface area contributed by atoms with E-state index in [1.165, 1.54) is 17.8 Å². The van der Waals surface area contributed by atoms with Gasteiger partial charge in [-0.25, -0.2) is 4.39 Å². The average molecular weight is 485 g/mol. The van der Waals surface area contributed by atoms with Gasteiger partial charge in [-0.05, 0) is 64.8 Å². The molecular formula is C24H18BrFO3S. The largest absolute Gasteiger partial charge is 0.490 e. The lowest BCUT2D eigenvalue weighted by Gasteiger charge is -2.15. The molecule has 4 rings (SSSR count). The number of fused-ring (bicyclic) bond motifs is 1. The maximum absolute atomic E-state index is 13.9. The summed E-state index contributed by atoms with van der Waals surface area (Å²) in [6.45, 7) is 2.41. The van der Waals surface area contributed by atoms with Crippen molar-refractivity contribution in [1.82, 2.24) is 0 Å². The zero-order valence-electron chi connectivity index (χ0n) is 16.2. The Kier molecular flexibility index (Phi) is 6.25. The SMILES string of the molecule is CCOc1cc(/C=C2/Sc3ccccc3C2=O)cc(Br)c1OCc1ccccc1F. The maximum atomic E-state index is 13.9. The smallest absolute Gasteiger partial charge is 0.200 e. The molecule has 1 aliphatic rings. The lowest BCUT2D eigenvalue weighted by atomic mass is 10.1. The number of hydrogen-bond donors (Lipinski definition) is 0. The van der Waals surface area contributed by atoms with E-state index in [4.69, 9.17) is 9.47 Å². The third-order valence-corrected chi connectivity index (χ3v) is 6.22. The number of allylic oxidation sites excluding steroid dienone is 1. The molecule has 30 heavy (non-hydrogen) atoms. The quantitative estimate of drug-likeness (QED) is 0.356. The Hall–Kier alpha value is -2.57. The van der Waals surface area contributed by atoms with Gasteiger partial charge in [-0.15, -0.1) is 0 Å². The lowest BCUT2D eigenvalue weighted by molar-refractivity contribution is 0.104. The minimum absolute atomic E-state index is 0.0181. The number of ketones is 1. The van der Waals surface area contributed by atoms with Crippen molar-refractivity contribution in [2.45, 2.75) is 18.4 Å². The normalized spacial score (nSPS) is 14.1. The van der Waals surface area contributed by atoms with E-state index in [9.17, 15) is 9.18 Å². The molecule has 0 unspecified atom stereocenters. The molecule has 0 atom stereocenters. The summed E-state index contributed by atoms with van der Waals surface area (Å²) in [4.78, 5) is 14.3. The Morgan fingerprint density at radius 2 is 1.83 bits per heavy atom. The summed E-state index contributed by atoms with van der Waals surface area (Å²) in [7, 11) is 0. The lowest BCUT2D eigenvalue weighted by Crippen LogP contribution is -2.02. The Morgan fingerprint density at radius 3 is 2.60 bits per heavy atom. The molecule has 1 aliphatic heterocycles. The van der Waals surface area contributed by atoms with E-state index in [1.54, 1.807) is 18.2 Å². The minimum atomic E-state index is -0.315. The molecule has 152 valence electrons. The van der Waals surface area contributed by atoms with Crippen LogP contribution in [0.25, 0.3) is 6.08 Å². The Balaban J connectivity index is 1.62. The molecule has 6 heteroatoms. The van der Waals surface area contributed by atoms with Crippen LogP contribution in [0.3, 0.4) is 0 Å². The van der Waals surface area contributed by atoms with Crippen molar-refractivity contribution in [2.24, 2.45) is 0 Å². The van der Waals surface area contributed by atoms with Gasteiger partial charge in [-0.3, -0.25) is 4.79 Å². The first kappa shape index (κ1) is 20.7. The topological polar surface area (TPSA) is 35.5 Å². The molecular weight excluding hydrogens is 467 g/mol.